The number of carbonyl (C=O) groups excluding carboxylic acids is 1. The lowest BCUT2D eigenvalue weighted by atomic mass is 10.1. The number of benzene rings is 1. The van der Waals surface area contributed by atoms with E-state index in [9.17, 15) is 4.79 Å². The van der Waals surface area contributed by atoms with Crippen molar-refractivity contribution in [2.24, 2.45) is 0 Å². The Morgan fingerprint density at radius 2 is 1.92 bits per heavy atom. The lowest BCUT2D eigenvalue weighted by Gasteiger charge is -2.08. The second kappa shape index (κ2) is 6.64. The van der Waals surface area contributed by atoms with Crippen molar-refractivity contribution in [1.82, 2.24) is 20.0 Å². The topological polar surface area (TPSA) is 72.1 Å². The molecule has 0 aliphatic heterocycles. The summed E-state index contributed by atoms with van der Waals surface area (Å²) in [5.41, 5.74) is 2.40. The van der Waals surface area contributed by atoms with Gasteiger partial charge in [-0.3, -0.25) is 9.78 Å². The first-order valence-corrected chi connectivity index (χ1v) is 9.09. The van der Waals surface area contributed by atoms with Gasteiger partial charge in [0.25, 0.3) is 5.91 Å². The van der Waals surface area contributed by atoms with Gasteiger partial charge < -0.3 is 9.42 Å². The number of hydrogen-bond donors (Lipinski definition) is 0. The zero-order chi connectivity index (χ0) is 18.3. The van der Waals surface area contributed by atoms with Gasteiger partial charge in [0, 0.05) is 36.2 Å². The van der Waals surface area contributed by atoms with Gasteiger partial charge in [0.05, 0.1) is 0 Å². The summed E-state index contributed by atoms with van der Waals surface area (Å²) in [7, 11) is 3.39. The molecule has 1 fully saturated rings. The van der Waals surface area contributed by atoms with Crippen LogP contribution in [0.25, 0.3) is 11.4 Å². The Kier molecular flexibility index (Phi) is 4.32. The van der Waals surface area contributed by atoms with E-state index in [2.05, 4.69) is 43.2 Å². The van der Waals surface area contributed by atoms with Crippen molar-refractivity contribution in [1.29, 1.82) is 0 Å². The van der Waals surface area contributed by atoms with Gasteiger partial charge in [-0.05, 0) is 42.2 Å². The minimum atomic E-state index is -0.138. The van der Waals surface area contributed by atoms with Crippen LogP contribution in [0.3, 0.4) is 0 Å². The van der Waals surface area contributed by atoms with E-state index in [0.29, 0.717) is 23.3 Å². The summed E-state index contributed by atoms with van der Waals surface area (Å²) in [5.74, 6) is 1.70. The number of aromatic nitrogens is 3. The molecule has 0 radical (unpaired) electrons. The molecule has 26 heavy (non-hydrogen) atoms. The summed E-state index contributed by atoms with van der Waals surface area (Å²) in [6, 6.07) is 11.8. The number of pyridine rings is 1. The molecule has 6 nitrogen and oxygen atoms in total. The monoisotopic (exact) mass is 412 g/mol. The van der Waals surface area contributed by atoms with Crippen LogP contribution in [0.5, 0.6) is 0 Å². The largest absolute Gasteiger partial charge is 0.343 e. The Morgan fingerprint density at radius 3 is 2.58 bits per heavy atom. The lowest BCUT2D eigenvalue weighted by Crippen LogP contribution is -2.22. The van der Waals surface area contributed by atoms with Gasteiger partial charge in [-0.25, -0.2) is 0 Å². The van der Waals surface area contributed by atoms with Crippen LogP contribution in [0, 0.1) is 0 Å². The van der Waals surface area contributed by atoms with Crippen molar-refractivity contribution in [3.63, 3.8) is 0 Å². The van der Waals surface area contributed by atoms with Gasteiger partial charge in [-0.1, -0.05) is 33.2 Å². The highest BCUT2D eigenvalue weighted by Crippen LogP contribution is 2.54. The van der Waals surface area contributed by atoms with Crippen molar-refractivity contribution in [3.05, 3.63) is 64.2 Å². The highest BCUT2D eigenvalue weighted by Gasteiger charge is 2.43. The first-order valence-electron chi connectivity index (χ1n) is 8.30. The van der Waals surface area contributed by atoms with Crippen LogP contribution < -0.4 is 0 Å². The molecule has 4 rings (SSSR count). The highest BCUT2D eigenvalue weighted by molar-refractivity contribution is 9.10. The SMILES string of the molecule is CN(C)C(=O)c1ccc(-c2noc([C@@H]3C[C@H]3c3ccc(Br)cc3)n2)cn1. The van der Waals surface area contributed by atoms with Crippen molar-refractivity contribution in [2.75, 3.05) is 14.1 Å². The van der Waals surface area contributed by atoms with E-state index in [1.165, 1.54) is 10.5 Å². The van der Waals surface area contributed by atoms with E-state index in [1.807, 2.05) is 12.1 Å². The first-order chi connectivity index (χ1) is 12.5. The van der Waals surface area contributed by atoms with Crippen molar-refractivity contribution in [2.45, 2.75) is 18.3 Å². The molecule has 1 aliphatic rings. The Bertz CT molecular complexity index is 935. The maximum atomic E-state index is 11.9. The van der Waals surface area contributed by atoms with Gasteiger partial charge in [0.1, 0.15) is 5.69 Å². The standard InChI is InChI=1S/C19H17BrN4O2/c1-24(2)19(25)16-8-5-12(10-21-16)17-22-18(26-23-17)15-9-14(15)11-3-6-13(20)7-4-11/h3-8,10,14-15H,9H2,1-2H3/t14-,15+/m0/s1. The van der Waals surface area contributed by atoms with E-state index in [-0.39, 0.29) is 11.8 Å². The average Bonchev–Trinajstić information content (AvgIpc) is 3.30. The zero-order valence-corrected chi connectivity index (χ0v) is 16.0. The van der Waals surface area contributed by atoms with Crippen LogP contribution >= 0.6 is 15.9 Å². The molecular weight excluding hydrogens is 396 g/mol. The molecular formula is C19H17BrN4O2. The fraction of sp³-hybridized carbons (Fsp3) is 0.263. The summed E-state index contributed by atoms with van der Waals surface area (Å²) < 4.78 is 6.53. The van der Waals surface area contributed by atoms with Crippen LogP contribution in [-0.2, 0) is 0 Å². The number of hydrogen-bond acceptors (Lipinski definition) is 5. The van der Waals surface area contributed by atoms with E-state index in [4.69, 9.17) is 4.52 Å². The van der Waals surface area contributed by atoms with Crippen LogP contribution in [0.4, 0.5) is 0 Å². The molecule has 0 spiro atoms. The van der Waals surface area contributed by atoms with Crippen LogP contribution in [-0.4, -0.2) is 40.0 Å². The third-order valence-corrected chi connectivity index (χ3v) is 5.02. The summed E-state index contributed by atoms with van der Waals surface area (Å²) in [6.45, 7) is 0. The molecule has 0 N–H and O–H groups in total. The molecule has 0 unspecified atom stereocenters. The quantitative estimate of drug-likeness (QED) is 0.650. The molecule has 2 aromatic heterocycles. The predicted octanol–water partition coefficient (Wildman–Crippen LogP) is 3.87. The summed E-state index contributed by atoms with van der Waals surface area (Å²) >= 11 is 3.46. The third kappa shape index (κ3) is 3.26. The minimum absolute atomic E-state index is 0.138. The van der Waals surface area contributed by atoms with Gasteiger partial charge in [0.15, 0.2) is 0 Å². The lowest BCUT2D eigenvalue weighted by molar-refractivity contribution is 0.0822. The van der Waals surface area contributed by atoms with Crippen molar-refractivity contribution >= 4 is 21.8 Å². The number of amides is 1. The minimum Gasteiger partial charge on any atom is -0.343 e. The molecule has 2 heterocycles. The fourth-order valence-electron chi connectivity index (χ4n) is 2.93. The molecule has 132 valence electrons. The van der Waals surface area contributed by atoms with E-state index >= 15 is 0 Å². The van der Waals surface area contributed by atoms with Gasteiger partial charge in [-0.2, -0.15) is 4.98 Å². The normalized spacial score (nSPS) is 18.6. The molecule has 2 atom stereocenters. The van der Waals surface area contributed by atoms with E-state index in [1.54, 1.807) is 32.4 Å². The maximum Gasteiger partial charge on any atom is 0.271 e. The van der Waals surface area contributed by atoms with E-state index < -0.39 is 0 Å². The number of carbonyl (C=O) groups is 1. The predicted molar refractivity (Wildman–Crippen MR) is 99.8 cm³/mol. The number of rotatable bonds is 4. The van der Waals surface area contributed by atoms with Crippen molar-refractivity contribution < 1.29 is 9.32 Å². The van der Waals surface area contributed by atoms with Crippen LogP contribution in [0.1, 0.15) is 40.2 Å². The van der Waals surface area contributed by atoms with Gasteiger partial charge in [-0.15, -0.1) is 0 Å². The third-order valence-electron chi connectivity index (χ3n) is 4.49. The van der Waals surface area contributed by atoms with Crippen LogP contribution in [0.2, 0.25) is 0 Å². The molecule has 1 saturated carbocycles. The molecule has 0 saturated heterocycles. The summed E-state index contributed by atoms with van der Waals surface area (Å²) in [4.78, 5) is 22.1. The average molecular weight is 413 g/mol. The molecule has 1 aliphatic carbocycles. The van der Waals surface area contributed by atoms with Crippen LogP contribution in [0.15, 0.2) is 51.6 Å². The Morgan fingerprint density at radius 1 is 1.15 bits per heavy atom. The smallest absolute Gasteiger partial charge is 0.271 e. The summed E-state index contributed by atoms with van der Waals surface area (Å²) in [5, 5.41) is 4.07. The number of halogens is 1. The second-order valence-corrected chi connectivity index (χ2v) is 7.50. The first kappa shape index (κ1) is 16.9. The Hall–Kier alpha value is -2.54. The maximum absolute atomic E-state index is 11.9. The molecule has 1 amide bonds. The van der Waals surface area contributed by atoms with E-state index in [0.717, 1.165) is 16.5 Å². The molecule has 7 heteroatoms. The molecule has 0 bridgehead atoms. The highest BCUT2D eigenvalue weighted by atomic mass is 79.9. The van der Waals surface area contributed by atoms with Crippen molar-refractivity contribution in [3.8, 4) is 11.4 Å². The molecule has 3 aromatic rings. The summed E-state index contributed by atoms with van der Waals surface area (Å²) in [6.07, 6.45) is 2.61. The Labute approximate surface area is 159 Å². The Balaban J connectivity index is 1.49. The molecule has 1 aromatic carbocycles. The van der Waals surface area contributed by atoms with Gasteiger partial charge >= 0.3 is 0 Å². The zero-order valence-electron chi connectivity index (χ0n) is 14.4. The number of nitrogens with zero attached hydrogens (tertiary/aromatic N) is 4. The second-order valence-electron chi connectivity index (χ2n) is 6.59. The fourth-order valence-corrected chi connectivity index (χ4v) is 3.20. The van der Waals surface area contributed by atoms with Gasteiger partial charge in [0.2, 0.25) is 11.7 Å².